The molecule has 2 heterocycles. The van der Waals surface area contributed by atoms with E-state index in [9.17, 15) is 9.90 Å². The summed E-state index contributed by atoms with van der Waals surface area (Å²) in [4.78, 5) is 22.7. The normalized spacial score (nSPS) is 17.6. The topological polar surface area (TPSA) is 69.2 Å². The van der Waals surface area contributed by atoms with E-state index < -0.39 is 0 Å². The highest BCUT2D eigenvalue weighted by atomic mass is 16.3. The second-order valence-corrected chi connectivity index (χ2v) is 8.38. The fourth-order valence-electron chi connectivity index (χ4n) is 4.04. The Labute approximate surface area is 159 Å². The summed E-state index contributed by atoms with van der Waals surface area (Å²) in [5.74, 6) is 0.355. The molecule has 1 atom stereocenters. The van der Waals surface area contributed by atoms with Crippen molar-refractivity contribution in [3.8, 4) is 5.75 Å². The Kier molecular flexibility index (Phi) is 4.17. The lowest BCUT2D eigenvalue weighted by atomic mass is 9.81. The number of phenolic OH excluding ortho intramolecular Hbond substituents is 1. The highest BCUT2D eigenvalue weighted by Gasteiger charge is 2.36. The molecular formula is C22H25N3O2. The quantitative estimate of drug-likeness (QED) is 0.688. The Balaban J connectivity index is 1.73. The maximum absolute atomic E-state index is 13.4. The van der Waals surface area contributed by atoms with Gasteiger partial charge in [0.2, 0.25) is 0 Å². The molecule has 0 bridgehead atoms. The van der Waals surface area contributed by atoms with Crippen LogP contribution in [0.2, 0.25) is 0 Å². The molecule has 27 heavy (non-hydrogen) atoms. The van der Waals surface area contributed by atoms with E-state index in [0.29, 0.717) is 24.3 Å². The largest absolute Gasteiger partial charge is 0.508 e. The van der Waals surface area contributed by atoms with Crippen LogP contribution in [0, 0.1) is 5.41 Å². The van der Waals surface area contributed by atoms with Crippen LogP contribution in [0.25, 0.3) is 11.0 Å². The fraction of sp³-hybridized carbons (Fsp3) is 0.364. The van der Waals surface area contributed by atoms with E-state index in [2.05, 4.69) is 36.8 Å². The molecular weight excluding hydrogens is 338 g/mol. The van der Waals surface area contributed by atoms with Gasteiger partial charge in [-0.15, -0.1) is 0 Å². The predicted molar refractivity (Wildman–Crippen MR) is 106 cm³/mol. The molecule has 1 amide bonds. The van der Waals surface area contributed by atoms with Crippen LogP contribution in [0.4, 0.5) is 0 Å². The highest BCUT2D eigenvalue weighted by molar-refractivity contribution is 5.97. The minimum atomic E-state index is -0.113. The number of aromatic hydroxyl groups is 1. The lowest BCUT2D eigenvalue weighted by molar-refractivity contribution is 0.0531. The number of hydrogen-bond donors (Lipinski definition) is 2. The van der Waals surface area contributed by atoms with Crippen LogP contribution < -0.4 is 0 Å². The molecule has 0 spiro atoms. The van der Waals surface area contributed by atoms with Crippen molar-refractivity contribution in [3.05, 3.63) is 59.4 Å². The second-order valence-electron chi connectivity index (χ2n) is 8.38. The minimum absolute atomic E-state index is 0.00277. The lowest BCUT2D eigenvalue weighted by Gasteiger charge is -2.39. The number of carbonyl (C=O) groups is 1. The summed E-state index contributed by atoms with van der Waals surface area (Å²) < 4.78 is 0. The van der Waals surface area contributed by atoms with Crippen LogP contribution in [0.3, 0.4) is 0 Å². The van der Waals surface area contributed by atoms with Gasteiger partial charge in [0.05, 0.1) is 17.4 Å². The van der Waals surface area contributed by atoms with Crippen LogP contribution in [-0.2, 0) is 12.8 Å². The molecule has 0 saturated heterocycles. The first-order valence-electron chi connectivity index (χ1n) is 9.38. The van der Waals surface area contributed by atoms with Crippen LogP contribution in [-0.4, -0.2) is 38.5 Å². The number of benzene rings is 2. The third kappa shape index (κ3) is 3.18. The van der Waals surface area contributed by atoms with E-state index in [-0.39, 0.29) is 17.4 Å². The molecule has 140 valence electrons. The molecule has 1 aromatic heterocycles. The number of nitrogens with one attached hydrogen (secondary N) is 1. The molecule has 0 radical (unpaired) electrons. The number of rotatable bonds is 1. The molecule has 2 aromatic carbocycles. The number of nitrogens with zero attached hydrogens (tertiary/aromatic N) is 2. The van der Waals surface area contributed by atoms with Gasteiger partial charge in [-0.25, -0.2) is 4.98 Å². The molecule has 1 unspecified atom stereocenters. The van der Waals surface area contributed by atoms with Crippen molar-refractivity contribution in [2.75, 3.05) is 6.54 Å². The number of phenols is 1. The van der Waals surface area contributed by atoms with E-state index in [1.54, 1.807) is 12.4 Å². The van der Waals surface area contributed by atoms with Gasteiger partial charge < -0.3 is 15.0 Å². The van der Waals surface area contributed by atoms with Gasteiger partial charge in [-0.2, -0.15) is 0 Å². The molecule has 5 heteroatoms. The van der Waals surface area contributed by atoms with Crippen molar-refractivity contribution in [2.45, 2.75) is 39.7 Å². The number of H-pyrrole nitrogens is 1. The monoisotopic (exact) mass is 363 g/mol. The second kappa shape index (κ2) is 6.41. The Morgan fingerprint density at radius 3 is 2.85 bits per heavy atom. The van der Waals surface area contributed by atoms with Crippen LogP contribution in [0.1, 0.15) is 42.3 Å². The van der Waals surface area contributed by atoms with E-state index in [0.717, 1.165) is 28.6 Å². The Morgan fingerprint density at radius 1 is 1.26 bits per heavy atom. The fourth-order valence-corrected chi connectivity index (χ4v) is 4.04. The number of imidazole rings is 1. The molecule has 5 nitrogen and oxygen atoms in total. The summed E-state index contributed by atoms with van der Waals surface area (Å²) in [7, 11) is 0. The van der Waals surface area contributed by atoms with Crippen molar-refractivity contribution >= 4 is 16.9 Å². The van der Waals surface area contributed by atoms with Gasteiger partial charge in [-0.3, -0.25) is 4.79 Å². The number of hydrogen-bond acceptors (Lipinski definition) is 3. The van der Waals surface area contributed by atoms with Crippen LogP contribution in [0.5, 0.6) is 5.75 Å². The minimum Gasteiger partial charge on any atom is -0.508 e. The maximum Gasteiger partial charge on any atom is 0.254 e. The third-order valence-corrected chi connectivity index (χ3v) is 5.57. The van der Waals surface area contributed by atoms with E-state index >= 15 is 0 Å². The van der Waals surface area contributed by atoms with Gasteiger partial charge in [0, 0.05) is 18.2 Å². The average Bonchev–Trinajstić information content (AvgIpc) is 2.99. The van der Waals surface area contributed by atoms with Crippen molar-refractivity contribution in [2.24, 2.45) is 5.41 Å². The summed E-state index contributed by atoms with van der Waals surface area (Å²) in [5.41, 5.74) is 4.37. The molecule has 2 N–H and O–H groups in total. The highest BCUT2D eigenvalue weighted by Crippen LogP contribution is 2.35. The molecule has 0 fully saturated rings. The van der Waals surface area contributed by atoms with Crippen LogP contribution >= 0.6 is 0 Å². The zero-order valence-electron chi connectivity index (χ0n) is 16.0. The Hall–Kier alpha value is -2.82. The van der Waals surface area contributed by atoms with Gasteiger partial charge in [-0.05, 0) is 53.6 Å². The number of aromatic nitrogens is 2. The average molecular weight is 363 g/mol. The Bertz CT molecular complexity index is 1000. The van der Waals surface area contributed by atoms with Gasteiger partial charge in [0.15, 0.2) is 0 Å². The molecule has 3 aromatic rings. The van der Waals surface area contributed by atoms with E-state index in [4.69, 9.17) is 0 Å². The molecule has 1 aliphatic heterocycles. The lowest BCUT2D eigenvalue weighted by Crippen LogP contribution is -2.48. The SMILES string of the molecule is CC(C)(C)C1Cc2c(O)cccc2CCN1C(=O)c1ccc2nc[nH]c2c1. The summed E-state index contributed by atoms with van der Waals surface area (Å²) in [6.45, 7) is 7.10. The van der Waals surface area contributed by atoms with Crippen molar-refractivity contribution in [1.29, 1.82) is 0 Å². The first kappa shape index (κ1) is 17.6. The predicted octanol–water partition coefficient (Wildman–Crippen LogP) is 3.92. The number of amides is 1. The number of carbonyl (C=O) groups excluding carboxylic acids is 1. The van der Waals surface area contributed by atoms with Crippen molar-refractivity contribution in [3.63, 3.8) is 0 Å². The van der Waals surface area contributed by atoms with Gasteiger partial charge in [0.1, 0.15) is 5.75 Å². The Morgan fingerprint density at radius 2 is 2.07 bits per heavy atom. The number of aromatic amines is 1. The molecule has 4 rings (SSSR count). The molecule has 0 aliphatic carbocycles. The van der Waals surface area contributed by atoms with Gasteiger partial charge >= 0.3 is 0 Å². The summed E-state index contributed by atoms with van der Waals surface area (Å²) in [6.07, 6.45) is 3.04. The van der Waals surface area contributed by atoms with E-state index in [1.807, 2.05) is 29.2 Å². The van der Waals surface area contributed by atoms with Gasteiger partial charge in [-0.1, -0.05) is 32.9 Å². The molecule has 1 aliphatic rings. The first-order valence-corrected chi connectivity index (χ1v) is 9.38. The summed E-state index contributed by atoms with van der Waals surface area (Å²) >= 11 is 0. The van der Waals surface area contributed by atoms with Gasteiger partial charge in [0.25, 0.3) is 5.91 Å². The first-order chi connectivity index (χ1) is 12.8. The van der Waals surface area contributed by atoms with E-state index in [1.165, 1.54) is 0 Å². The third-order valence-electron chi connectivity index (χ3n) is 5.57. The zero-order valence-corrected chi connectivity index (χ0v) is 16.0. The maximum atomic E-state index is 13.4. The smallest absolute Gasteiger partial charge is 0.254 e. The number of fused-ring (bicyclic) bond motifs is 2. The van der Waals surface area contributed by atoms with Crippen molar-refractivity contribution < 1.29 is 9.90 Å². The van der Waals surface area contributed by atoms with Crippen LogP contribution in [0.15, 0.2) is 42.7 Å². The molecule has 0 saturated carbocycles. The zero-order chi connectivity index (χ0) is 19.2. The standard InChI is InChI=1S/C22H25N3O2/c1-22(2,3)20-12-16-14(5-4-6-19(16)26)9-10-25(20)21(27)15-7-8-17-18(11-15)24-13-23-17/h4-8,11,13,20,26H,9-10,12H2,1-3H3,(H,23,24). The van der Waals surface area contributed by atoms with Crippen molar-refractivity contribution in [1.82, 2.24) is 14.9 Å². The summed E-state index contributed by atoms with van der Waals surface area (Å²) in [6, 6.07) is 11.3. The summed E-state index contributed by atoms with van der Waals surface area (Å²) in [5, 5.41) is 10.4.